The Balaban J connectivity index is 2.23. The van der Waals surface area contributed by atoms with E-state index in [0.717, 1.165) is 10.9 Å². The predicted molar refractivity (Wildman–Crippen MR) is 114 cm³/mol. The van der Waals surface area contributed by atoms with Gasteiger partial charge in [-0.1, -0.05) is 5.92 Å². The largest absolute Gasteiger partial charge is 0.383 e. The van der Waals surface area contributed by atoms with Gasteiger partial charge in [0.1, 0.15) is 17.0 Å². The molecule has 0 saturated heterocycles. The molecule has 3 rings (SSSR count). The average molecular weight is 408 g/mol. The lowest BCUT2D eigenvalue weighted by Crippen LogP contribution is -2.29. The van der Waals surface area contributed by atoms with Crippen LogP contribution >= 0.6 is 0 Å². The highest BCUT2D eigenvalue weighted by Gasteiger charge is 2.24. The van der Waals surface area contributed by atoms with E-state index in [1.807, 2.05) is 0 Å². The number of nitrogens with two attached hydrogens (primary N) is 1. The number of fused-ring (bicyclic) bond motifs is 1. The quantitative estimate of drug-likeness (QED) is 0.426. The Labute approximate surface area is 174 Å². The van der Waals surface area contributed by atoms with Gasteiger partial charge in [-0.05, 0) is 31.9 Å². The zero-order valence-corrected chi connectivity index (χ0v) is 17.4. The van der Waals surface area contributed by atoms with Crippen molar-refractivity contribution in [1.29, 1.82) is 0 Å². The van der Waals surface area contributed by atoms with Crippen LogP contribution in [0, 0.1) is 11.8 Å². The zero-order chi connectivity index (χ0) is 21.9. The number of rotatable bonds is 5. The molecule has 3 aromatic heterocycles. The third kappa shape index (κ3) is 4.56. The second kappa shape index (κ2) is 8.49. The summed E-state index contributed by atoms with van der Waals surface area (Å²) in [6.45, 7) is 3.95. The summed E-state index contributed by atoms with van der Waals surface area (Å²) in [5.41, 5.74) is 7.36. The van der Waals surface area contributed by atoms with Crippen LogP contribution in [-0.4, -0.2) is 56.4 Å². The van der Waals surface area contributed by atoms with Crippen LogP contribution in [0.3, 0.4) is 0 Å². The molecule has 0 aliphatic rings. The number of nitrogens with zero attached hydrogens (tertiary/aromatic N) is 4. The van der Waals surface area contributed by atoms with E-state index in [1.54, 1.807) is 57.1 Å². The lowest BCUT2D eigenvalue weighted by Gasteiger charge is -2.09. The van der Waals surface area contributed by atoms with Gasteiger partial charge in [0.15, 0.2) is 0 Å². The summed E-state index contributed by atoms with van der Waals surface area (Å²) in [4.78, 5) is 25.6. The number of aliphatic hydroxyl groups is 1. The molecule has 3 heterocycles. The van der Waals surface area contributed by atoms with Gasteiger partial charge in [-0.3, -0.25) is 4.79 Å². The van der Waals surface area contributed by atoms with E-state index >= 15 is 0 Å². The van der Waals surface area contributed by atoms with Crippen molar-refractivity contribution in [3.8, 4) is 23.1 Å². The molecule has 0 atom stereocenters. The number of pyridine rings is 1. The number of ether oxygens (including phenoxy) is 1. The normalized spacial score (nSPS) is 11.2. The van der Waals surface area contributed by atoms with Crippen LogP contribution in [0.2, 0.25) is 0 Å². The second-order valence-electron chi connectivity index (χ2n) is 7.23. The topological polar surface area (TPSA) is 128 Å². The summed E-state index contributed by atoms with van der Waals surface area (Å²) in [5, 5.41) is 13.5. The number of hydrogen-bond acceptors (Lipinski definition) is 7. The number of carbonyl (C=O) groups is 1. The Morgan fingerprint density at radius 1 is 1.40 bits per heavy atom. The SMILES string of the molecule is COCCNC(=O)c1c(-c2ccnc(N)n2)c2cc(C#CC(C)(C)O)ncc2n1C. The summed E-state index contributed by atoms with van der Waals surface area (Å²) in [5.74, 6) is 5.45. The minimum atomic E-state index is -1.15. The first kappa shape index (κ1) is 21.2. The Kier molecular flexibility index (Phi) is 6.01. The molecule has 0 bridgehead atoms. The number of nitrogens with one attached hydrogen (secondary N) is 1. The second-order valence-corrected chi connectivity index (χ2v) is 7.23. The number of nitrogen functional groups attached to an aromatic ring is 1. The molecule has 3 aromatic rings. The van der Waals surface area contributed by atoms with Crippen molar-refractivity contribution in [3.63, 3.8) is 0 Å². The van der Waals surface area contributed by atoms with E-state index in [4.69, 9.17) is 10.5 Å². The highest BCUT2D eigenvalue weighted by Crippen LogP contribution is 2.33. The highest BCUT2D eigenvalue weighted by molar-refractivity contribution is 6.09. The molecule has 0 fully saturated rings. The van der Waals surface area contributed by atoms with Crippen LogP contribution < -0.4 is 11.1 Å². The Morgan fingerprint density at radius 3 is 2.83 bits per heavy atom. The molecular weight excluding hydrogens is 384 g/mol. The summed E-state index contributed by atoms with van der Waals surface area (Å²) in [6.07, 6.45) is 3.18. The number of hydrogen-bond donors (Lipinski definition) is 3. The minimum absolute atomic E-state index is 0.103. The standard InChI is InChI=1S/C21H24N6O3/c1-21(2,29)7-5-13-11-14-16(12-25-13)27(3)18(19(28)23-9-10-30-4)17(14)15-6-8-24-20(22)26-15/h6,8,11-12,29H,9-10H2,1-4H3,(H,23,28)(H2,22,24,26). The van der Waals surface area contributed by atoms with E-state index in [-0.39, 0.29) is 11.9 Å². The van der Waals surface area contributed by atoms with Gasteiger partial charge < -0.3 is 25.5 Å². The summed E-state index contributed by atoms with van der Waals surface area (Å²) < 4.78 is 6.77. The average Bonchev–Trinajstić information content (AvgIpc) is 2.98. The van der Waals surface area contributed by atoms with Gasteiger partial charge in [0.2, 0.25) is 5.95 Å². The fraction of sp³-hybridized carbons (Fsp3) is 0.333. The Hall–Kier alpha value is -3.48. The third-order valence-corrected chi connectivity index (χ3v) is 4.32. The molecule has 0 spiro atoms. The lowest BCUT2D eigenvalue weighted by atomic mass is 10.1. The third-order valence-electron chi connectivity index (χ3n) is 4.32. The zero-order valence-electron chi connectivity index (χ0n) is 17.4. The van der Waals surface area contributed by atoms with Gasteiger partial charge in [0.05, 0.1) is 24.0 Å². The fourth-order valence-corrected chi connectivity index (χ4v) is 3.01. The van der Waals surface area contributed by atoms with Crippen molar-refractivity contribution in [2.24, 2.45) is 7.05 Å². The molecule has 0 aliphatic carbocycles. The number of aryl methyl sites for hydroxylation is 1. The van der Waals surface area contributed by atoms with Gasteiger partial charge in [0, 0.05) is 37.8 Å². The summed E-state index contributed by atoms with van der Waals surface area (Å²) in [7, 11) is 3.35. The molecule has 0 aromatic carbocycles. The van der Waals surface area contributed by atoms with Crippen molar-refractivity contribution in [1.82, 2.24) is 24.8 Å². The van der Waals surface area contributed by atoms with Gasteiger partial charge >= 0.3 is 0 Å². The smallest absolute Gasteiger partial charge is 0.268 e. The maximum atomic E-state index is 13.0. The van der Waals surface area contributed by atoms with E-state index in [2.05, 4.69) is 32.1 Å². The first-order valence-electron chi connectivity index (χ1n) is 9.31. The van der Waals surface area contributed by atoms with Crippen molar-refractivity contribution < 1.29 is 14.6 Å². The molecule has 0 radical (unpaired) electrons. The number of methoxy groups -OCH3 is 1. The lowest BCUT2D eigenvalue weighted by molar-refractivity contribution is 0.0930. The van der Waals surface area contributed by atoms with Crippen molar-refractivity contribution in [3.05, 3.63) is 35.9 Å². The molecule has 30 heavy (non-hydrogen) atoms. The Morgan fingerprint density at radius 2 is 2.17 bits per heavy atom. The maximum Gasteiger partial charge on any atom is 0.268 e. The van der Waals surface area contributed by atoms with Crippen LogP contribution in [0.15, 0.2) is 24.5 Å². The molecule has 9 nitrogen and oxygen atoms in total. The van der Waals surface area contributed by atoms with E-state index in [9.17, 15) is 9.90 Å². The Bertz CT molecular complexity index is 1150. The van der Waals surface area contributed by atoms with Crippen molar-refractivity contribution in [2.75, 3.05) is 26.0 Å². The number of aromatic nitrogens is 4. The molecule has 4 N–H and O–H groups in total. The maximum absolute atomic E-state index is 13.0. The molecule has 0 saturated carbocycles. The van der Waals surface area contributed by atoms with Gasteiger partial charge in [-0.25, -0.2) is 15.0 Å². The monoisotopic (exact) mass is 408 g/mol. The van der Waals surface area contributed by atoms with Gasteiger partial charge in [-0.15, -0.1) is 0 Å². The van der Waals surface area contributed by atoms with Crippen LogP contribution in [-0.2, 0) is 11.8 Å². The fourth-order valence-electron chi connectivity index (χ4n) is 3.01. The van der Waals surface area contributed by atoms with Crippen molar-refractivity contribution in [2.45, 2.75) is 19.4 Å². The summed E-state index contributed by atoms with van der Waals surface area (Å²) in [6, 6.07) is 3.47. The first-order chi connectivity index (χ1) is 14.2. The van der Waals surface area contributed by atoms with Crippen molar-refractivity contribution >= 4 is 22.8 Å². The minimum Gasteiger partial charge on any atom is -0.383 e. The van der Waals surface area contributed by atoms with E-state index in [1.165, 1.54) is 0 Å². The molecule has 1 amide bonds. The van der Waals surface area contributed by atoms with Gasteiger partial charge in [-0.2, -0.15) is 0 Å². The van der Waals surface area contributed by atoms with Gasteiger partial charge in [0.25, 0.3) is 5.91 Å². The van der Waals surface area contributed by atoms with Crippen LogP contribution in [0.4, 0.5) is 5.95 Å². The number of carbonyl (C=O) groups excluding carboxylic acids is 1. The first-order valence-corrected chi connectivity index (χ1v) is 9.31. The molecular formula is C21H24N6O3. The molecule has 0 unspecified atom stereocenters. The van der Waals surface area contributed by atoms with Crippen LogP contribution in [0.1, 0.15) is 30.0 Å². The molecule has 9 heteroatoms. The summed E-state index contributed by atoms with van der Waals surface area (Å²) >= 11 is 0. The van der Waals surface area contributed by atoms with E-state index < -0.39 is 5.60 Å². The highest BCUT2D eigenvalue weighted by atomic mass is 16.5. The molecule has 156 valence electrons. The van der Waals surface area contributed by atoms with E-state index in [0.29, 0.717) is 35.8 Å². The molecule has 0 aliphatic heterocycles. The van der Waals surface area contributed by atoms with Crippen LogP contribution in [0.5, 0.6) is 0 Å². The number of amides is 1. The predicted octanol–water partition coefficient (Wildman–Crippen LogP) is 1.11. The number of anilines is 1. The van der Waals surface area contributed by atoms with Crippen LogP contribution in [0.25, 0.3) is 22.2 Å².